The second-order valence-corrected chi connectivity index (χ2v) is 7.56. The third-order valence-corrected chi connectivity index (χ3v) is 5.51. The van der Waals surface area contributed by atoms with Gasteiger partial charge in [-0.2, -0.15) is 0 Å². The van der Waals surface area contributed by atoms with Crippen LogP contribution in [0.4, 0.5) is 4.39 Å². The number of nitrogens with two attached hydrogens (primary N) is 1. The third-order valence-electron chi connectivity index (χ3n) is 5.51. The Labute approximate surface area is 171 Å². The van der Waals surface area contributed by atoms with Gasteiger partial charge < -0.3 is 10.6 Å². The van der Waals surface area contributed by atoms with E-state index in [4.69, 9.17) is 5.73 Å². The predicted octanol–water partition coefficient (Wildman–Crippen LogP) is 4.71. The van der Waals surface area contributed by atoms with Crippen molar-refractivity contribution in [1.29, 1.82) is 0 Å². The highest BCUT2D eigenvalue weighted by molar-refractivity contribution is 5.98. The third kappa shape index (κ3) is 4.22. The van der Waals surface area contributed by atoms with Crippen molar-refractivity contribution in [1.82, 2.24) is 4.90 Å². The minimum Gasteiger partial charge on any atom is -0.337 e. The first-order chi connectivity index (χ1) is 14.2. The fourth-order valence-electron chi connectivity index (χ4n) is 3.90. The molecule has 0 aromatic heterocycles. The molecule has 3 aromatic rings. The molecule has 1 aliphatic heterocycles. The number of amides is 1. The van der Waals surface area contributed by atoms with Gasteiger partial charge in [-0.05, 0) is 46.4 Å². The molecule has 0 spiro atoms. The van der Waals surface area contributed by atoms with Gasteiger partial charge in [0.25, 0.3) is 5.91 Å². The summed E-state index contributed by atoms with van der Waals surface area (Å²) in [6.07, 6.45) is 1.28. The number of hydrogen-bond donors (Lipinski definition) is 1. The van der Waals surface area contributed by atoms with Gasteiger partial charge in [-0.3, -0.25) is 9.18 Å². The summed E-state index contributed by atoms with van der Waals surface area (Å²) in [6, 6.07) is 24.0. The van der Waals surface area contributed by atoms with Crippen LogP contribution in [-0.4, -0.2) is 36.6 Å². The number of benzene rings is 3. The number of carbonyl (C=O) groups excluding carboxylic acids is 1. The summed E-state index contributed by atoms with van der Waals surface area (Å²) in [7, 11) is 0. The normalized spacial score (nSPS) is 16.2. The molecule has 2 N–H and O–H groups in total. The van der Waals surface area contributed by atoms with Crippen LogP contribution in [0.5, 0.6) is 0 Å². The van der Waals surface area contributed by atoms with Gasteiger partial charge in [-0.1, -0.05) is 60.7 Å². The molecule has 4 rings (SSSR count). The van der Waals surface area contributed by atoms with Gasteiger partial charge >= 0.3 is 0 Å². The van der Waals surface area contributed by atoms with Crippen LogP contribution in [0.25, 0.3) is 22.3 Å². The Morgan fingerprint density at radius 2 is 1.69 bits per heavy atom. The SMILES string of the molecule is N[C@H]1CCN(C(=O)c2ccc(-c3ccc(CCF)cc3)c(-c3ccccc3)c2)C1. The Hall–Kier alpha value is -2.98. The van der Waals surface area contributed by atoms with Gasteiger partial charge in [0.05, 0.1) is 6.67 Å². The van der Waals surface area contributed by atoms with E-state index < -0.39 is 0 Å². The van der Waals surface area contributed by atoms with Gasteiger partial charge in [0.15, 0.2) is 0 Å². The molecule has 148 valence electrons. The number of aryl methyl sites for hydroxylation is 1. The highest BCUT2D eigenvalue weighted by Crippen LogP contribution is 2.33. The van der Waals surface area contributed by atoms with E-state index in [0.717, 1.165) is 34.2 Å². The van der Waals surface area contributed by atoms with E-state index in [9.17, 15) is 9.18 Å². The van der Waals surface area contributed by atoms with E-state index in [1.54, 1.807) is 0 Å². The lowest BCUT2D eigenvalue weighted by molar-refractivity contribution is 0.0791. The Bertz CT molecular complexity index is 985. The van der Waals surface area contributed by atoms with Gasteiger partial charge in [-0.15, -0.1) is 0 Å². The van der Waals surface area contributed by atoms with E-state index >= 15 is 0 Å². The number of hydrogen-bond acceptors (Lipinski definition) is 2. The number of alkyl halides is 1. The number of carbonyl (C=O) groups is 1. The maximum absolute atomic E-state index is 13.0. The Morgan fingerprint density at radius 3 is 2.34 bits per heavy atom. The van der Waals surface area contributed by atoms with Crippen LogP contribution in [0.15, 0.2) is 72.8 Å². The minimum absolute atomic E-state index is 0.0278. The molecule has 0 unspecified atom stereocenters. The van der Waals surface area contributed by atoms with Crippen molar-refractivity contribution in [3.63, 3.8) is 0 Å². The number of likely N-dealkylation sites (tertiary alicyclic amines) is 1. The number of rotatable bonds is 5. The summed E-state index contributed by atoms with van der Waals surface area (Å²) in [6.45, 7) is 0.960. The smallest absolute Gasteiger partial charge is 0.253 e. The van der Waals surface area contributed by atoms with E-state index in [-0.39, 0.29) is 18.6 Å². The predicted molar refractivity (Wildman–Crippen MR) is 115 cm³/mol. The van der Waals surface area contributed by atoms with Crippen molar-refractivity contribution in [2.75, 3.05) is 19.8 Å². The number of halogens is 1. The molecule has 1 heterocycles. The summed E-state index contributed by atoms with van der Waals surface area (Å²) in [4.78, 5) is 14.8. The second kappa shape index (κ2) is 8.58. The maximum atomic E-state index is 13.0. The van der Waals surface area contributed by atoms with Crippen molar-refractivity contribution in [3.8, 4) is 22.3 Å². The van der Waals surface area contributed by atoms with Crippen molar-refractivity contribution in [2.24, 2.45) is 5.73 Å². The van der Waals surface area contributed by atoms with Crippen LogP contribution in [0.2, 0.25) is 0 Å². The van der Waals surface area contributed by atoms with Crippen molar-refractivity contribution in [2.45, 2.75) is 18.9 Å². The average molecular weight is 388 g/mol. The maximum Gasteiger partial charge on any atom is 0.253 e. The first kappa shape index (κ1) is 19.3. The summed E-state index contributed by atoms with van der Waals surface area (Å²) in [5, 5.41) is 0. The molecule has 0 bridgehead atoms. The molecule has 1 aliphatic rings. The van der Waals surface area contributed by atoms with Gasteiger partial charge in [0.1, 0.15) is 0 Å². The van der Waals surface area contributed by atoms with E-state index in [1.807, 2.05) is 65.6 Å². The molecule has 0 aliphatic carbocycles. The molecule has 29 heavy (non-hydrogen) atoms. The first-order valence-electron chi connectivity index (χ1n) is 10.1. The zero-order chi connectivity index (χ0) is 20.2. The Balaban J connectivity index is 1.74. The van der Waals surface area contributed by atoms with Gasteiger partial charge in [0, 0.05) is 31.1 Å². The van der Waals surface area contributed by atoms with Crippen LogP contribution in [0.1, 0.15) is 22.3 Å². The quantitative estimate of drug-likeness (QED) is 0.688. The summed E-state index contributed by atoms with van der Waals surface area (Å²) >= 11 is 0. The monoisotopic (exact) mass is 388 g/mol. The Morgan fingerprint density at radius 1 is 0.966 bits per heavy atom. The summed E-state index contributed by atoms with van der Waals surface area (Å²) in [5.41, 5.74) is 11.8. The molecular formula is C25H25FN2O. The molecule has 1 amide bonds. The second-order valence-electron chi connectivity index (χ2n) is 7.56. The topological polar surface area (TPSA) is 46.3 Å². The zero-order valence-electron chi connectivity index (χ0n) is 16.4. The van der Waals surface area contributed by atoms with Crippen LogP contribution in [0, 0.1) is 0 Å². The molecule has 1 fully saturated rings. The highest BCUT2D eigenvalue weighted by Gasteiger charge is 2.25. The first-order valence-corrected chi connectivity index (χ1v) is 10.1. The molecule has 3 nitrogen and oxygen atoms in total. The highest BCUT2D eigenvalue weighted by atomic mass is 19.1. The molecule has 3 aromatic carbocycles. The zero-order valence-corrected chi connectivity index (χ0v) is 16.4. The van der Waals surface area contributed by atoms with Crippen molar-refractivity contribution < 1.29 is 9.18 Å². The number of nitrogens with zero attached hydrogens (tertiary/aromatic N) is 1. The fourth-order valence-corrected chi connectivity index (χ4v) is 3.90. The van der Waals surface area contributed by atoms with E-state index in [1.165, 1.54) is 0 Å². The largest absolute Gasteiger partial charge is 0.337 e. The molecule has 4 heteroatoms. The summed E-state index contributed by atoms with van der Waals surface area (Å²) < 4.78 is 12.6. The van der Waals surface area contributed by atoms with Crippen LogP contribution in [-0.2, 0) is 6.42 Å². The van der Waals surface area contributed by atoms with Gasteiger partial charge in [-0.25, -0.2) is 0 Å². The Kier molecular flexibility index (Phi) is 5.72. The standard InChI is InChI=1S/C25H25FN2O/c26-14-12-18-6-8-20(9-7-18)23-11-10-21(25(29)28-15-13-22(27)17-28)16-24(23)19-4-2-1-3-5-19/h1-11,16,22H,12-15,17,27H2/t22-/m0/s1. The van der Waals surface area contributed by atoms with E-state index in [2.05, 4.69) is 12.1 Å². The van der Waals surface area contributed by atoms with Crippen LogP contribution in [0.3, 0.4) is 0 Å². The molecule has 0 radical (unpaired) electrons. The van der Waals surface area contributed by atoms with Crippen molar-refractivity contribution >= 4 is 5.91 Å². The van der Waals surface area contributed by atoms with E-state index in [0.29, 0.717) is 25.1 Å². The average Bonchev–Trinajstić information content (AvgIpc) is 3.20. The fraction of sp³-hybridized carbons (Fsp3) is 0.240. The van der Waals surface area contributed by atoms with Crippen LogP contribution >= 0.6 is 0 Å². The van der Waals surface area contributed by atoms with Gasteiger partial charge in [0.2, 0.25) is 0 Å². The summed E-state index contributed by atoms with van der Waals surface area (Å²) in [5.74, 6) is 0.0278. The molecule has 0 saturated carbocycles. The minimum atomic E-state index is -0.356. The molecule has 1 atom stereocenters. The molecule has 1 saturated heterocycles. The lowest BCUT2D eigenvalue weighted by atomic mass is 9.92. The molecular weight excluding hydrogens is 363 g/mol. The van der Waals surface area contributed by atoms with Crippen LogP contribution < -0.4 is 5.73 Å². The lowest BCUT2D eigenvalue weighted by Crippen LogP contribution is -2.31. The lowest BCUT2D eigenvalue weighted by Gasteiger charge is -2.18. The van der Waals surface area contributed by atoms with Crippen molar-refractivity contribution in [3.05, 3.63) is 83.9 Å².